The number of carbonyl (C=O) groups is 1. The van der Waals surface area contributed by atoms with Gasteiger partial charge in [-0.1, -0.05) is 0 Å². The van der Waals surface area contributed by atoms with Crippen LogP contribution in [-0.2, 0) is 6.54 Å². The zero-order valence-electron chi connectivity index (χ0n) is 18.0. The monoisotopic (exact) mass is 416 g/mol. The van der Waals surface area contributed by atoms with Crippen molar-refractivity contribution < 1.29 is 13.9 Å². The summed E-state index contributed by atoms with van der Waals surface area (Å²) in [6.07, 6.45) is 0. The second-order valence-corrected chi connectivity index (χ2v) is 7.37. The van der Waals surface area contributed by atoms with Crippen LogP contribution in [0.5, 0.6) is 5.75 Å². The molecule has 31 heavy (non-hydrogen) atoms. The molecule has 158 valence electrons. The summed E-state index contributed by atoms with van der Waals surface area (Å²) in [5.41, 5.74) is 4.99. The Hall–Kier alpha value is -3.87. The first-order chi connectivity index (χ1) is 14.9. The average molecular weight is 416 g/mol. The molecular weight excluding hydrogens is 392 g/mol. The molecule has 2 aromatic carbocycles. The summed E-state index contributed by atoms with van der Waals surface area (Å²) in [5, 5.41) is 7.38. The molecule has 0 aliphatic heterocycles. The number of aryl methyl sites for hydroxylation is 3. The number of oxazole rings is 1. The third-order valence-electron chi connectivity index (χ3n) is 5.04. The molecule has 0 radical (unpaired) electrons. The topological polar surface area (TPSA) is 82.2 Å². The quantitative estimate of drug-likeness (QED) is 0.489. The first kappa shape index (κ1) is 20.4. The van der Waals surface area contributed by atoms with Gasteiger partial charge in [0.2, 0.25) is 5.89 Å². The fourth-order valence-electron chi connectivity index (χ4n) is 3.32. The molecule has 0 aliphatic carbocycles. The number of carbonyl (C=O) groups excluding carboxylic acids is 1. The van der Waals surface area contributed by atoms with Gasteiger partial charge in [-0.05, 0) is 75.4 Å². The van der Waals surface area contributed by atoms with Crippen LogP contribution < -0.4 is 10.1 Å². The van der Waals surface area contributed by atoms with Gasteiger partial charge in [-0.25, -0.2) is 4.98 Å². The minimum absolute atomic E-state index is 0.186. The van der Waals surface area contributed by atoms with Gasteiger partial charge in [0.05, 0.1) is 19.3 Å². The number of benzene rings is 2. The van der Waals surface area contributed by atoms with E-state index >= 15 is 0 Å². The van der Waals surface area contributed by atoms with Crippen molar-refractivity contribution in [2.24, 2.45) is 0 Å². The minimum atomic E-state index is -0.186. The highest BCUT2D eigenvalue weighted by atomic mass is 16.5. The van der Waals surface area contributed by atoms with Crippen LogP contribution in [0.15, 0.2) is 59.0 Å². The summed E-state index contributed by atoms with van der Waals surface area (Å²) in [4.78, 5) is 17.1. The number of aromatic nitrogens is 3. The number of ether oxygens (including phenoxy) is 1. The standard InChI is InChI=1S/C24H24N4O3/c1-15-13-16(2)28(27-15)14-22-17(3)31-24(26-22)19-5-9-20(10-6-19)25-23(29)18-7-11-21(30-4)12-8-18/h5-13H,14H2,1-4H3,(H,25,29). The average Bonchev–Trinajstić information content (AvgIpc) is 3.29. The highest BCUT2D eigenvalue weighted by Gasteiger charge is 2.14. The van der Waals surface area contributed by atoms with E-state index in [9.17, 15) is 4.79 Å². The first-order valence-corrected chi connectivity index (χ1v) is 9.96. The molecule has 0 fully saturated rings. The fraction of sp³-hybridized carbons (Fsp3) is 0.208. The van der Waals surface area contributed by atoms with Gasteiger partial charge in [0.25, 0.3) is 5.91 Å². The highest BCUT2D eigenvalue weighted by molar-refractivity contribution is 6.04. The van der Waals surface area contributed by atoms with Crippen LogP contribution in [0.2, 0.25) is 0 Å². The maximum atomic E-state index is 12.4. The number of anilines is 1. The molecule has 0 saturated heterocycles. The lowest BCUT2D eigenvalue weighted by molar-refractivity contribution is 0.102. The Labute approximate surface area is 180 Å². The van der Waals surface area contributed by atoms with Gasteiger partial charge < -0.3 is 14.5 Å². The van der Waals surface area contributed by atoms with E-state index in [4.69, 9.17) is 9.15 Å². The maximum Gasteiger partial charge on any atom is 0.255 e. The van der Waals surface area contributed by atoms with Crippen LogP contribution >= 0.6 is 0 Å². The molecule has 7 heteroatoms. The molecule has 4 aromatic rings. The number of hydrogen-bond acceptors (Lipinski definition) is 5. The van der Waals surface area contributed by atoms with Gasteiger partial charge in [0.1, 0.15) is 17.2 Å². The van der Waals surface area contributed by atoms with Crippen LogP contribution in [0, 0.1) is 20.8 Å². The second kappa shape index (κ2) is 8.47. The predicted molar refractivity (Wildman–Crippen MR) is 118 cm³/mol. The number of nitrogens with zero attached hydrogens (tertiary/aromatic N) is 3. The van der Waals surface area contributed by atoms with Gasteiger partial charge in [-0.3, -0.25) is 9.48 Å². The van der Waals surface area contributed by atoms with Gasteiger partial charge in [0.15, 0.2) is 0 Å². The molecule has 7 nitrogen and oxygen atoms in total. The summed E-state index contributed by atoms with van der Waals surface area (Å²) in [6, 6.07) is 16.4. The fourth-order valence-corrected chi connectivity index (χ4v) is 3.32. The van der Waals surface area contributed by atoms with Gasteiger partial charge in [0, 0.05) is 22.5 Å². The highest BCUT2D eigenvalue weighted by Crippen LogP contribution is 2.24. The van der Waals surface area contributed by atoms with Gasteiger partial charge >= 0.3 is 0 Å². The Morgan fingerprint density at radius 2 is 1.77 bits per heavy atom. The van der Waals surface area contributed by atoms with Crippen LogP contribution in [0.4, 0.5) is 5.69 Å². The third-order valence-corrected chi connectivity index (χ3v) is 5.04. The molecule has 1 N–H and O–H groups in total. The molecule has 2 heterocycles. The van der Waals surface area contributed by atoms with E-state index in [0.717, 1.165) is 28.4 Å². The molecular formula is C24H24N4O3. The zero-order valence-corrected chi connectivity index (χ0v) is 18.0. The predicted octanol–water partition coefficient (Wildman–Crippen LogP) is 4.77. The summed E-state index contributed by atoms with van der Waals surface area (Å²) in [6.45, 7) is 6.46. The van der Waals surface area contributed by atoms with Crippen LogP contribution in [-0.4, -0.2) is 27.8 Å². The summed E-state index contributed by atoms with van der Waals surface area (Å²) in [5.74, 6) is 1.83. The van der Waals surface area contributed by atoms with E-state index in [-0.39, 0.29) is 5.91 Å². The number of hydrogen-bond donors (Lipinski definition) is 1. The van der Waals surface area contributed by atoms with Crippen molar-refractivity contribution in [3.63, 3.8) is 0 Å². The number of rotatable bonds is 6. The van der Waals surface area contributed by atoms with E-state index in [1.807, 2.05) is 55.8 Å². The van der Waals surface area contributed by atoms with Crippen molar-refractivity contribution in [3.8, 4) is 17.2 Å². The molecule has 0 atom stereocenters. The summed E-state index contributed by atoms with van der Waals surface area (Å²) in [7, 11) is 1.59. The largest absolute Gasteiger partial charge is 0.497 e. The third kappa shape index (κ3) is 4.50. The molecule has 4 rings (SSSR count). The Kier molecular flexibility index (Phi) is 5.58. The first-order valence-electron chi connectivity index (χ1n) is 9.96. The van der Waals surface area contributed by atoms with E-state index in [1.165, 1.54) is 0 Å². The SMILES string of the molecule is COc1ccc(C(=O)Nc2ccc(-c3nc(Cn4nc(C)cc4C)c(C)o3)cc2)cc1. The van der Waals surface area contributed by atoms with E-state index < -0.39 is 0 Å². The summed E-state index contributed by atoms with van der Waals surface area (Å²) < 4.78 is 12.9. The van der Waals surface area contributed by atoms with Crippen LogP contribution in [0.1, 0.15) is 33.2 Å². The van der Waals surface area contributed by atoms with Crippen molar-refractivity contribution in [2.75, 3.05) is 12.4 Å². The Morgan fingerprint density at radius 1 is 1.06 bits per heavy atom. The lowest BCUT2D eigenvalue weighted by Crippen LogP contribution is -2.11. The van der Waals surface area contributed by atoms with E-state index in [1.54, 1.807) is 31.4 Å². The molecule has 0 bridgehead atoms. The normalized spacial score (nSPS) is 10.8. The smallest absolute Gasteiger partial charge is 0.255 e. The lowest BCUT2D eigenvalue weighted by Gasteiger charge is -2.06. The van der Waals surface area contributed by atoms with E-state index in [0.29, 0.717) is 29.4 Å². The van der Waals surface area contributed by atoms with Crippen molar-refractivity contribution in [1.82, 2.24) is 14.8 Å². The molecule has 0 saturated carbocycles. The number of methoxy groups -OCH3 is 1. The second-order valence-electron chi connectivity index (χ2n) is 7.37. The van der Waals surface area contributed by atoms with Crippen LogP contribution in [0.3, 0.4) is 0 Å². The van der Waals surface area contributed by atoms with Crippen LogP contribution in [0.25, 0.3) is 11.5 Å². The zero-order chi connectivity index (χ0) is 22.0. The minimum Gasteiger partial charge on any atom is -0.497 e. The van der Waals surface area contributed by atoms with Gasteiger partial charge in [-0.2, -0.15) is 5.10 Å². The molecule has 1 amide bonds. The summed E-state index contributed by atoms with van der Waals surface area (Å²) >= 11 is 0. The molecule has 0 unspecified atom stereocenters. The Morgan fingerprint density at radius 3 is 2.39 bits per heavy atom. The Bertz CT molecular complexity index is 1200. The Balaban J connectivity index is 1.46. The molecule has 0 aliphatic rings. The maximum absolute atomic E-state index is 12.4. The van der Waals surface area contributed by atoms with Crippen molar-refractivity contribution in [3.05, 3.63) is 83.0 Å². The van der Waals surface area contributed by atoms with Gasteiger partial charge in [-0.15, -0.1) is 0 Å². The molecule has 2 aromatic heterocycles. The number of amides is 1. The lowest BCUT2D eigenvalue weighted by atomic mass is 10.1. The van der Waals surface area contributed by atoms with E-state index in [2.05, 4.69) is 15.4 Å². The van der Waals surface area contributed by atoms with Crippen molar-refractivity contribution >= 4 is 11.6 Å². The van der Waals surface area contributed by atoms with Crippen molar-refractivity contribution in [1.29, 1.82) is 0 Å². The number of nitrogens with one attached hydrogen (secondary N) is 1. The van der Waals surface area contributed by atoms with Crippen molar-refractivity contribution in [2.45, 2.75) is 27.3 Å². The molecule has 0 spiro atoms.